The van der Waals surface area contributed by atoms with Gasteiger partial charge in [-0.1, -0.05) is 11.6 Å². The smallest absolute Gasteiger partial charge is 0.305 e. The van der Waals surface area contributed by atoms with Crippen molar-refractivity contribution < 1.29 is 23.8 Å². The zero-order valence-corrected chi connectivity index (χ0v) is 10.6. The monoisotopic (exact) mass is 277 g/mol. The molecule has 0 heterocycles. The molecule has 0 aliphatic carbocycles. The minimum absolute atomic E-state index is 0.0277. The molecule has 18 heavy (non-hydrogen) atoms. The Morgan fingerprint density at radius 3 is 2.61 bits per heavy atom. The van der Waals surface area contributed by atoms with Crippen LogP contribution in [0.5, 0.6) is 11.5 Å². The summed E-state index contributed by atoms with van der Waals surface area (Å²) < 4.78 is 23.8. The van der Waals surface area contributed by atoms with Crippen LogP contribution in [0, 0.1) is 5.82 Å². The van der Waals surface area contributed by atoms with E-state index in [1.54, 1.807) is 0 Å². The van der Waals surface area contributed by atoms with Gasteiger partial charge >= 0.3 is 5.97 Å². The molecule has 3 N–H and O–H groups in total. The Bertz CT molecular complexity index is 467. The van der Waals surface area contributed by atoms with Crippen LogP contribution in [-0.2, 0) is 4.79 Å². The zero-order chi connectivity index (χ0) is 13.9. The van der Waals surface area contributed by atoms with Crippen molar-refractivity contribution in [2.75, 3.05) is 14.2 Å². The summed E-state index contributed by atoms with van der Waals surface area (Å²) in [4.78, 5) is 10.6. The number of halogens is 2. The number of carboxylic acids is 1. The number of carbonyl (C=O) groups is 1. The number of aliphatic carboxylic acids is 1. The fraction of sp³-hybridized carbons (Fsp3) is 0.364. The summed E-state index contributed by atoms with van der Waals surface area (Å²) in [6.45, 7) is 0. The summed E-state index contributed by atoms with van der Waals surface area (Å²) in [6.07, 6.45) is -0.414. The number of carboxylic acid groups (broad SMARTS) is 1. The second-order valence-electron chi connectivity index (χ2n) is 3.53. The van der Waals surface area contributed by atoms with Gasteiger partial charge in [0.15, 0.2) is 17.3 Å². The molecular formula is C11H13ClFNO4. The first-order valence-electron chi connectivity index (χ1n) is 4.99. The van der Waals surface area contributed by atoms with E-state index in [1.165, 1.54) is 20.3 Å². The molecule has 100 valence electrons. The lowest BCUT2D eigenvalue weighted by molar-refractivity contribution is -0.137. The fourth-order valence-electron chi connectivity index (χ4n) is 1.51. The van der Waals surface area contributed by atoms with Crippen molar-refractivity contribution in [3.63, 3.8) is 0 Å². The Labute approximate surface area is 108 Å². The predicted molar refractivity (Wildman–Crippen MR) is 63.7 cm³/mol. The number of methoxy groups -OCH3 is 2. The summed E-state index contributed by atoms with van der Waals surface area (Å²) in [6, 6.07) is 0.271. The van der Waals surface area contributed by atoms with Crippen LogP contribution in [0.25, 0.3) is 0 Å². The normalized spacial score (nSPS) is 12.1. The van der Waals surface area contributed by atoms with E-state index in [2.05, 4.69) is 0 Å². The van der Waals surface area contributed by atoms with Gasteiger partial charge in [-0.2, -0.15) is 0 Å². The molecule has 0 fully saturated rings. The van der Waals surface area contributed by atoms with E-state index >= 15 is 0 Å². The second kappa shape index (κ2) is 5.88. The van der Waals surface area contributed by atoms with E-state index in [0.29, 0.717) is 0 Å². The molecule has 1 unspecified atom stereocenters. The zero-order valence-electron chi connectivity index (χ0n) is 9.87. The Hall–Kier alpha value is -1.53. The van der Waals surface area contributed by atoms with E-state index in [-0.39, 0.29) is 22.1 Å². The van der Waals surface area contributed by atoms with Gasteiger partial charge in [-0.05, 0) is 6.07 Å². The molecule has 0 spiro atoms. The molecule has 1 aromatic carbocycles. The van der Waals surface area contributed by atoms with Gasteiger partial charge in [-0.3, -0.25) is 4.79 Å². The number of nitrogens with two attached hydrogens (primary N) is 1. The molecule has 1 aromatic rings. The van der Waals surface area contributed by atoms with E-state index in [1.807, 2.05) is 0 Å². The lowest BCUT2D eigenvalue weighted by atomic mass is 10.0. The molecule has 7 heteroatoms. The van der Waals surface area contributed by atoms with Crippen molar-refractivity contribution in [2.45, 2.75) is 12.5 Å². The van der Waals surface area contributed by atoms with Crippen LogP contribution in [0.4, 0.5) is 4.39 Å². The highest BCUT2D eigenvalue weighted by atomic mass is 35.5. The molecule has 0 aliphatic heterocycles. The van der Waals surface area contributed by atoms with Crippen LogP contribution in [0.2, 0.25) is 5.02 Å². The number of benzene rings is 1. The molecule has 5 nitrogen and oxygen atoms in total. The third-order valence-corrected chi connectivity index (χ3v) is 2.71. The topological polar surface area (TPSA) is 81.8 Å². The molecule has 0 aliphatic rings. The van der Waals surface area contributed by atoms with Gasteiger partial charge in [-0.15, -0.1) is 0 Å². The van der Waals surface area contributed by atoms with Crippen LogP contribution >= 0.6 is 11.6 Å². The summed E-state index contributed by atoms with van der Waals surface area (Å²) in [5, 5.41) is 8.36. The molecule has 0 aromatic heterocycles. The van der Waals surface area contributed by atoms with Gasteiger partial charge in [0.05, 0.1) is 20.6 Å². The standard InChI is InChI=1S/C11H13ClFNO4/c1-17-7-3-5(6(14)4-8(15)16)10(13)9(12)11(7)18-2/h3,6H,4,14H2,1-2H3,(H,15,16). The summed E-state index contributed by atoms with van der Waals surface area (Å²) >= 11 is 5.78. The van der Waals surface area contributed by atoms with Crippen molar-refractivity contribution in [3.8, 4) is 11.5 Å². The average molecular weight is 278 g/mol. The molecule has 0 saturated carbocycles. The van der Waals surface area contributed by atoms with Crippen LogP contribution < -0.4 is 15.2 Å². The number of hydrogen-bond donors (Lipinski definition) is 2. The van der Waals surface area contributed by atoms with Gasteiger partial charge in [-0.25, -0.2) is 4.39 Å². The Kier molecular flexibility index (Phi) is 4.75. The third-order valence-electron chi connectivity index (χ3n) is 2.37. The van der Waals surface area contributed by atoms with Crippen LogP contribution in [0.3, 0.4) is 0 Å². The molecule has 0 bridgehead atoms. The highest BCUT2D eigenvalue weighted by Gasteiger charge is 2.23. The second-order valence-corrected chi connectivity index (χ2v) is 3.91. The van der Waals surface area contributed by atoms with Gasteiger partial charge < -0.3 is 20.3 Å². The summed E-state index contributed by atoms with van der Waals surface area (Å²) in [5.41, 5.74) is 5.58. The maximum Gasteiger partial charge on any atom is 0.305 e. The third kappa shape index (κ3) is 2.83. The van der Waals surface area contributed by atoms with Crippen molar-refractivity contribution in [3.05, 3.63) is 22.5 Å². The number of hydrogen-bond acceptors (Lipinski definition) is 4. The highest BCUT2D eigenvalue weighted by molar-refractivity contribution is 6.32. The minimum atomic E-state index is -1.13. The Balaban J connectivity index is 3.29. The summed E-state index contributed by atoms with van der Waals surface area (Å²) in [5.74, 6) is -1.70. The highest BCUT2D eigenvalue weighted by Crippen LogP contribution is 2.40. The molecule has 0 radical (unpaired) electrons. The minimum Gasteiger partial charge on any atom is -0.493 e. The Morgan fingerprint density at radius 1 is 1.56 bits per heavy atom. The van der Waals surface area contributed by atoms with Crippen molar-refractivity contribution >= 4 is 17.6 Å². The maximum absolute atomic E-state index is 13.9. The van der Waals surface area contributed by atoms with E-state index in [4.69, 9.17) is 31.9 Å². The van der Waals surface area contributed by atoms with Gasteiger partial charge in [0.1, 0.15) is 5.02 Å². The van der Waals surface area contributed by atoms with Gasteiger partial charge in [0.2, 0.25) is 0 Å². The predicted octanol–water partition coefficient (Wildman–Crippen LogP) is 1.97. The fourth-order valence-corrected chi connectivity index (χ4v) is 1.79. The first-order valence-corrected chi connectivity index (χ1v) is 5.37. The van der Waals surface area contributed by atoms with Crippen molar-refractivity contribution in [1.29, 1.82) is 0 Å². The van der Waals surface area contributed by atoms with Crippen molar-refractivity contribution in [1.82, 2.24) is 0 Å². The molecule has 0 amide bonds. The van der Waals surface area contributed by atoms with Crippen LogP contribution in [0.15, 0.2) is 6.07 Å². The SMILES string of the molecule is COc1cc(C(N)CC(=O)O)c(F)c(Cl)c1OC. The lowest BCUT2D eigenvalue weighted by Crippen LogP contribution is -2.17. The quantitative estimate of drug-likeness (QED) is 0.860. The van der Waals surface area contributed by atoms with E-state index in [0.717, 1.165) is 0 Å². The van der Waals surface area contributed by atoms with Gasteiger partial charge in [0, 0.05) is 11.6 Å². The average Bonchev–Trinajstić information content (AvgIpc) is 2.31. The maximum atomic E-state index is 13.9. The number of rotatable bonds is 5. The summed E-state index contributed by atoms with van der Waals surface area (Å²) in [7, 11) is 2.68. The lowest BCUT2D eigenvalue weighted by Gasteiger charge is -2.16. The van der Waals surface area contributed by atoms with Crippen LogP contribution in [0.1, 0.15) is 18.0 Å². The largest absolute Gasteiger partial charge is 0.493 e. The molecule has 0 saturated heterocycles. The van der Waals surface area contributed by atoms with E-state index in [9.17, 15) is 9.18 Å². The van der Waals surface area contributed by atoms with E-state index < -0.39 is 24.2 Å². The molecule has 1 rings (SSSR count). The number of ether oxygens (including phenoxy) is 2. The first-order chi connectivity index (χ1) is 8.42. The van der Waals surface area contributed by atoms with Crippen LogP contribution in [-0.4, -0.2) is 25.3 Å². The molecular weight excluding hydrogens is 265 g/mol. The Morgan fingerprint density at radius 2 is 2.17 bits per heavy atom. The van der Waals surface area contributed by atoms with Crippen molar-refractivity contribution in [2.24, 2.45) is 5.73 Å². The van der Waals surface area contributed by atoms with Gasteiger partial charge in [0.25, 0.3) is 0 Å². The first kappa shape index (κ1) is 14.5. The molecule has 1 atom stereocenters.